The van der Waals surface area contributed by atoms with Gasteiger partial charge in [0.2, 0.25) is 11.1 Å². The van der Waals surface area contributed by atoms with Crippen LogP contribution in [0.5, 0.6) is 0 Å². The number of tetrazole rings is 1. The van der Waals surface area contributed by atoms with Crippen molar-refractivity contribution >= 4 is 35.4 Å². The lowest BCUT2D eigenvalue weighted by Gasteiger charge is -2.48. The lowest BCUT2D eigenvalue weighted by molar-refractivity contribution is -0.148. The SMILES string of the molecule is C[C@H](Sc1nn[nH]n1)C1=C(C(=O)O)N2C(=O)[C@@H](N)[C@@H]2SC1. The van der Waals surface area contributed by atoms with E-state index < -0.39 is 12.0 Å². The lowest BCUT2D eigenvalue weighted by atomic mass is 10.0. The number of H-pyrrole nitrogens is 1. The van der Waals surface area contributed by atoms with Gasteiger partial charge in [0.05, 0.1) is 0 Å². The highest BCUT2D eigenvalue weighted by Crippen LogP contribution is 2.42. The molecule has 3 atom stereocenters. The fourth-order valence-electron chi connectivity index (χ4n) is 2.28. The zero-order chi connectivity index (χ0) is 15.1. The lowest BCUT2D eigenvalue weighted by Crippen LogP contribution is -2.68. The van der Waals surface area contributed by atoms with Crippen molar-refractivity contribution in [3.8, 4) is 0 Å². The number of carbonyl (C=O) groups excluding carboxylic acids is 1. The standard InChI is InChI=1S/C10H12N6O3S2/c1-3(21-10-12-14-15-13-10)4-2-20-8-5(11)7(17)16(8)6(4)9(18)19/h3,5,8H,2,11H2,1H3,(H,18,19)(H,12,13,14,15)/t3-,5+,8-/m0/s1. The number of nitrogens with zero attached hydrogens (tertiary/aromatic N) is 4. The Hall–Kier alpha value is -1.59. The van der Waals surface area contributed by atoms with Crippen LogP contribution in [0.25, 0.3) is 0 Å². The van der Waals surface area contributed by atoms with Crippen molar-refractivity contribution in [3.63, 3.8) is 0 Å². The Morgan fingerprint density at radius 2 is 2.43 bits per heavy atom. The van der Waals surface area contributed by atoms with Crippen LogP contribution in [0.1, 0.15) is 6.92 Å². The molecule has 2 aliphatic heterocycles. The molecule has 3 heterocycles. The summed E-state index contributed by atoms with van der Waals surface area (Å²) >= 11 is 2.76. The maximum atomic E-state index is 11.8. The maximum Gasteiger partial charge on any atom is 0.352 e. The van der Waals surface area contributed by atoms with Gasteiger partial charge >= 0.3 is 5.97 Å². The van der Waals surface area contributed by atoms with Gasteiger partial charge in [-0.1, -0.05) is 11.8 Å². The first-order chi connectivity index (χ1) is 10.0. The van der Waals surface area contributed by atoms with E-state index in [1.807, 2.05) is 6.92 Å². The fourth-order valence-corrected chi connectivity index (χ4v) is 4.64. The minimum atomic E-state index is -1.11. The third-order valence-electron chi connectivity index (χ3n) is 3.34. The molecule has 2 aliphatic rings. The molecule has 4 N–H and O–H groups in total. The molecular formula is C10H12N6O3S2. The molecule has 1 saturated heterocycles. The summed E-state index contributed by atoms with van der Waals surface area (Å²) in [6, 6.07) is -0.619. The summed E-state index contributed by atoms with van der Waals surface area (Å²) in [5.74, 6) is -0.953. The number of β-lactam (4-membered cyclic amide) rings is 1. The summed E-state index contributed by atoms with van der Waals surface area (Å²) in [6.07, 6.45) is 0. The van der Waals surface area contributed by atoms with E-state index in [1.165, 1.54) is 28.4 Å². The van der Waals surface area contributed by atoms with Gasteiger partial charge in [-0.25, -0.2) is 4.79 Å². The van der Waals surface area contributed by atoms with E-state index in [9.17, 15) is 14.7 Å². The molecule has 1 aromatic rings. The van der Waals surface area contributed by atoms with Crippen molar-refractivity contribution in [3.05, 3.63) is 11.3 Å². The first-order valence-corrected chi connectivity index (χ1v) is 8.00. The number of carboxylic acids is 1. The van der Waals surface area contributed by atoms with Crippen molar-refractivity contribution in [2.24, 2.45) is 5.73 Å². The van der Waals surface area contributed by atoms with Crippen molar-refractivity contribution in [1.29, 1.82) is 0 Å². The van der Waals surface area contributed by atoms with Crippen LogP contribution in [-0.4, -0.2) is 64.9 Å². The summed E-state index contributed by atoms with van der Waals surface area (Å²) < 4.78 is 0. The number of rotatable bonds is 4. The number of thioether (sulfide) groups is 2. The van der Waals surface area contributed by atoms with E-state index in [0.29, 0.717) is 16.5 Å². The Bertz CT molecular complexity index is 618. The Balaban J connectivity index is 1.90. The van der Waals surface area contributed by atoms with Gasteiger partial charge in [0, 0.05) is 11.0 Å². The number of amides is 1. The van der Waals surface area contributed by atoms with Crippen LogP contribution >= 0.6 is 23.5 Å². The topological polar surface area (TPSA) is 138 Å². The molecule has 1 fully saturated rings. The summed E-state index contributed by atoms with van der Waals surface area (Å²) in [5.41, 5.74) is 6.41. The molecule has 0 unspecified atom stereocenters. The van der Waals surface area contributed by atoms with E-state index in [2.05, 4.69) is 20.6 Å². The van der Waals surface area contributed by atoms with Gasteiger partial charge in [0.25, 0.3) is 0 Å². The highest BCUT2D eigenvalue weighted by molar-refractivity contribution is 8.01. The molecular weight excluding hydrogens is 316 g/mol. The Kier molecular flexibility index (Phi) is 3.63. The highest BCUT2D eigenvalue weighted by atomic mass is 32.2. The monoisotopic (exact) mass is 328 g/mol. The van der Waals surface area contributed by atoms with Crippen molar-refractivity contribution in [1.82, 2.24) is 25.5 Å². The van der Waals surface area contributed by atoms with E-state index in [0.717, 1.165) is 0 Å². The van der Waals surface area contributed by atoms with Gasteiger partial charge < -0.3 is 10.8 Å². The predicted octanol–water partition coefficient (Wildman–Crippen LogP) is -0.739. The average molecular weight is 328 g/mol. The Morgan fingerprint density at radius 1 is 1.67 bits per heavy atom. The first-order valence-electron chi connectivity index (χ1n) is 6.07. The van der Waals surface area contributed by atoms with Crippen LogP contribution in [-0.2, 0) is 9.59 Å². The summed E-state index contributed by atoms with van der Waals surface area (Å²) in [6.45, 7) is 1.85. The quantitative estimate of drug-likeness (QED) is 0.482. The Morgan fingerprint density at radius 3 is 3.05 bits per heavy atom. The molecule has 0 saturated carbocycles. The van der Waals surface area contributed by atoms with Crippen LogP contribution in [0.15, 0.2) is 16.4 Å². The number of aromatic amines is 1. The second-order valence-corrected chi connectivity index (χ2v) is 6.98. The van der Waals surface area contributed by atoms with Gasteiger partial charge in [-0.3, -0.25) is 9.69 Å². The predicted molar refractivity (Wildman–Crippen MR) is 75.2 cm³/mol. The number of nitrogens with two attached hydrogens (primary N) is 1. The minimum absolute atomic E-state index is 0.0361. The number of carboxylic acid groups (broad SMARTS) is 1. The number of aliphatic carboxylic acids is 1. The molecule has 9 nitrogen and oxygen atoms in total. The molecule has 0 spiro atoms. The molecule has 112 valence electrons. The number of hydrogen-bond donors (Lipinski definition) is 3. The third kappa shape index (κ3) is 2.30. The molecule has 21 heavy (non-hydrogen) atoms. The van der Waals surface area contributed by atoms with Gasteiger partial charge in [-0.2, -0.15) is 5.21 Å². The summed E-state index contributed by atoms with van der Waals surface area (Å²) in [4.78, 5) is 24.7. The molecule has 1 amide bonds. The molecule has 11 heteroatoms. The normalized spacial score (nSPS) is 26.4. The molecule has 0 aliphatic carbocycles. The van der Waals surface area contributed by atoms with Crippen LogP contribution < -0.4 is 5.73 Å². The molecule has 1 aromatic heterocycles. The zero-order valence-corrected chi connectivity index (χ0v) is 12.5. The van der Waals surface area contributed by atoms with Crippen LogP contribution in [0.3, 0.4) is 0 Å². The highest BCUT2D eigenvalue weighted by Gasteiger charge is 2.52. The van der Waals surface area contributed by atoms with E-state index in [4.69, 9.17) is 5.73 Å². The first kappa shape index (κ1) is 14.4. The molecule has 3 rings (SSSR count). The average Bonchev–Trinajstić information content (AvgIpc) is 2.97. The van der Waals surface area contributed by atoms with Crippen LogP contribution in [0, 0.1) is 0 Å². The van der Waals surface area contributed by atoms with Crippen molar-refractivity contribution in [2.75, 3.05) is 5.75 Å². The van der Waals surface area contributed by atoms with Crippen LogP contribution in [0.4, 0.5) is 0 Å². The van der Waals surface area contributed by atoms with Gasteiger partial charge in [0.15, 0.2) is 0 Å². The van der Waals surface area contributed by atoms with Gasteiger partial charge in [-0.05, 0) is 17.7 Å². The van der Waals surface area contributed by atoms with E-state index in [1.54, 1.807) is 0 Å². The van der Waals surface area contributed by atoms with Gasteiger partial charge in [0.1, 0.15) is 17.1 Å². The zero-order valence-electron chi connectivity index (χ0n) is 10.9. The second kappa shape index (κ2) is 5.31. The van der Waals surface area contributed by atoms with Gasteiger partial charge in [-0.15, -0.1) is 22.0 Å². The third-order valence-corrected chi connectivity index (χ3v) is 5.69. The summed E-state index contributed by atoms with van der Waals surface area (Å²) in [5, 5.41) is 22.9. The Labute approximate surface area is 127 Å². The minimum Gasteiger partial charge on any atom is -0.477 e. The number of hydrogen-bond acceptors (Lipinski definition) is 8. The smallest absolute Gasteiger partial charge is 0.352 e. The van der Waals surface area contributed by atoms with Crippen LogP contribution in [0.2, 0.25) is 0 Å². The number of nitrogens with one attached hydrogen (secondary N) is 1. The van der Waals surface area contributed by atoms with Crippen molar-refractivity contribution < 1.29 is 14.7 Å². The fraction of sp³-hybridized carbons (Fsp3) is 0.500. The molecule has 0 radical (unpaired) electrons. The number of carbonyl (C=O) groups is 2. The second-order valence-electron chi connectivity index (χ2n) is 4.57. The van der Waals surface area contributed by atoms with Crippen molar-refractivity contribution in [2.45, 2.75) is 28.7 Å². The maximum absolute atomic E-state index is 11.8. The van der Waals surface area contributed by atoms with E-state index >= 15 is 0 Å². The number of aromatic nitrogens is 4. The molecule has 0 aromatic carbocycles. The van der Waals surface area contributed by atoms with E-state index in [-0.39, 0.29) is 22.2 Å². The number of fused-ring (bicyclic) bond motifs is 1. The summed E-state index contributed by atoms with van der Waals surface area (Å²) in [7, 11) is 0. The largest absolute Gasteiger partial charge is 0.477 e. The molecule has 0 bridgehead atoms.